The monoisotopic (exact) mass is 441 g/mol. The summed E-state index contributed by atoms with van der Waals surface area (Å²) in [6, 6.07) is 6.03. The van der Waals surface area contributed by atoms with Crippen LogP contribution in [0.15, 0.2) is 48.1 Å². The van der Waals surface area contributed by atoms with Crippen molar-refractivity contribution in [2.24, 2.45) is 11.5 Å². The average molecular weight is 442 g/mol. The number of aromatic hydroxyl groups is 1. The number of hydrogen-bond donors (Lipinski definition) is 5. The second-order valence-electron chi connectivity index (χ2n) is 8.55. The molecule has 7 N–H and O–H groups in total. The van der Waals surface area contributed by atoms with Crippen molar-refractivity contribution in [3.8, 4) is 11.6 Å². The van der Waals surface area contributed by atoms with Crippen LogP contribution < -0.4 is 21.5 Å². The van der Waals surface area contributed by atoms with Gasteiger partial charge in [-0.3, -0.25) is 0 Å². The Labute approximate surface area is 186 Å². The molecule has 2 aliphatic heterocycles. The summed E-state index contributed by atoms with van der Waals surface area (Å²) >= 11 is 0. The number of nitrogens with zero attached hydrogens (tertiary/aromatic N) is 2. The number of para-hydroxylation sites is 1. The van der Waals surface area contributed by atoms with E-state index in [0.29, 0.717) is 30.5 Å². The molecule has 1 saturated heterocycles. The molecule has 1 aromatic carbocycles. The van der Waals surface area contributed by atoms with Crippen LogP contribution in [0.3, 0.4) is 0 Å². The summed E-state index contributed by atoms with van der Waals surface area (Å²) in [6.07, 6.45) is 3.84. The number of pyridine rings is 1. The first kappa shape index (κ1) is 21.8. The Morgan fingerprint density at radius 2 is 2.25 bits per heavy atom. The van der Waals surface area contributed by atoms with Crippen molar-refractivity contribution in [2.45, 2.75) is 38.5 Å². The number of phenols is 1. The van der Waals surface area contributed by atoms with Crippen LogP contribution in [-0.4, -0.2) is 44.8 Å². The molecule has 0 bridgehead atoms. The molecule has 4 rings (SSSR count). The smallest absolute Gasteiger partial charge is 0.213 e. The van der Waals surface area contributed by atoms with Gasteiger partial charge in [-0.15, -0.1) is 0 Å². The maximum absolute atomic E-state index is 13.8. The number of benzene rings is 1. The molecule has 8 nitrogen and oxygen atoms in total. The average Bonchev–Trinajstić information content (AvgIpc) is 3.08. The standard InChI is InChI=1S/C23H28FN5O3/c1-13-6-20(27-9-14(13)11-30)32-15-8-23(2)12-28-22(26)19(29(23)10-15)7-18(25)16-4-3-5-17(24)21(16)31/h3-7,9,15,28,30-31H,8,10-12,25-26H2,1-2H3/b18-7-. The van der Waals surface area contributed by atoms with Gasteiger partial charge in [0, 0.05) is 36.5 Å². The van der Waals surface area contributed by atoms with E-state index in [1.807, 2.05) is 13.0 Å². The zero-order chi connectivity index (χ0) is 23.0. The van der Waals surface area contributed by atoms with E-state index in [4.69, 9.17) is 16.2 Å². The summed E-state index contributed by atoms with van der Waals surface area (Å²) < 4.78 is 19.9. The Bertz CT molecular complexity index is 1100. The number of halogens is 1. The summed E-state index contributed by atoms with van der Waals surface area (Å²) in [7, 11) is 0. The van der Waals surface area contributed by atoms with Crippen molar-refractivity contribution < 1.29 is 19.3 Å². The van der Waals surface area contributed by atoms with Gasteiger partial charge in [0.15, 0.2) is 11.6 Å². The van der Waals surface area contributed by atoms with Gasteiger partial charge in [0.2, 0.25) is 5.88 Å². The summed E-state index contributed by atoms with van der Waals surface area (Å²) in [5.74, 6) is -0.290. The number of phenolic OH excluding ortho intramolecular Hbond substituents is 1. The number of rotatable bonds is 5. The topological polar surface area (TPSA) is 130 Å². The maximum atomic E-state index is 13.8. The quantitative estimate of drug-likeness (QED) is 0.474. The number of nitrogens with one attached hydrogen (secondary N) is 1. The minimum atomic E-state index is -0.739. The highest BCUT2D eigenvalue weighted by atomic mass is 19.1. The van der Waals surface area contributed by atoms with Crippen LogP contribution in [-0.2, 0) is 6.61 Å². The third-order valence-corrected chi connectivity index (χ3v) is 6.17. The number of allylic oxidation sites excluding steroid dienone is 1. The Balaban J connectivity index is 1.59. The lowest BCUT2D eigenvalue weighted by molar-refractivity contribution is 0.187. The summed E-state index contributed by atoms with van der Waals surface area (Å²) in [4.78, 5) is 6.43. The number of ether oxygens (including phenoxy) is 1. The van der Waals surface area contributed by atoms with E-state index in [-0.39, 0.29) is 29.5 Å². The third-order valence-electron chi connectivity index (χ3n) is 6.17. The van der Waals surface area contributed by atoms with Crippen LogP contribution in [0.25, 0.3) is 5.70 Å². The first-order valence-corrected chi connectivity index (χ1v) is 10.4. The minimum absolute atomic E-state index is 0.0673. The SMILES string of the molecule is Cc1cc(OC2CN3C(/C=C(\N)c4cccc(F)c4O)=C(N)NCC3(C)C2)ncc1CO. The van der Waals surface area contributed by atoms with Gasteiger partial charge in [0.25, 0.3) is 0 Å². The fourth-order valence-corrected chi connectivity index (χ4v) is 4.33. The number of hydrogen-bond acceptors (Lipinski definition) is 8. The molecule has 2 atom stereocenters. The molecule has 170 valence electrons. The van der Waals surface area contributed by atoms with Gasteiger partial charge in [-0.05, 0) is 43.2 Å². The van der Waals surface area contributed by atoms with Crippen molar-refractivity contribution in [3.63, 3.8) is 0 Å². The molecular formula is C23H28FN5O3. The summed E-state index contributed by atoms with van der Waals surface area (Å²) in [6.45, 7) is 5.11. The van der Waals surface area contributed by atoms with Crippen molar-refractivity contribution in [1.29, 1.82) is 0 Å². The van der Waals surface area contributed by atoms with Gasteiger partial charge in [-0.25, -0.2) is 9.37 Å². The van der Waals surface area contributed by atoms with E-state index < -0.39 is 11.6 Å². The van der Waals surface area contributed by atoms with Crippen molar-refractivity contribution in [2.75, 3.05) is 13.1 Å². The molecule has 9 heteroatoms. The number of fused-ring (bicyclic) bond motifs is 1. The van der Waals surface area contributed by atoms with Crippen molar-refractivity contribution in [3.05, 3.63) is 70.6 Å². The molecule has 32 heavy (non-hydrogen) atoms. The van der Waals surface area contributed by atoms with E-state index in [2.05, 4.69) is 22.1 Å². The minimum Gasteiger partial charge on any atom is -0.504 e. The Morgan fingerprint density at radius 3 is 2.97 bits per heavy atom. The van der Waals surface area contributed by atoms with Gasteiger partial charge in [-0.2, -0.15) is 0 Å². The predicted molar refractivity (Wildman–Crippen MR) is 118 cm³/mol. The normalized spacial score (nSPS) is 23.2. The molecule has 1 aromatic heterocycles. The van der Waals surface area contributed by atoms with E-state index >= 15 is 0 Å². The molecule has 0 amide bonds. The summed E-state index contributed by atoms with van der Waals surface area (Å²) in [5.41, 5.74) is 14.9. The van der Waals surface area contributed by atoms with Gasteiger partial charge < -0.3 is 36.6 Å². The van der Waals surface area contributed by atoms with Gasteiger partial charge in [0.1, 0.15) is 11.9 Å². The second-order valence-corrected chi connectivity index (χ2v) is 8.55. The molecule has 2 aromatic rings. The van der Waals surface area contributed by atoms with Crippen molar-refractivity contribution >= 4 is 5.70 Å². The highest BCUT2D eigenvalue weighted by Crippen LogP contribution is 2.38. The highest BCUT2D eigenvalue weighted by Gasteiger charge is 2.46. The third kappa shape index (κ3) is 3.91. The lowest BCUT2D eigenvalue weighted by atomic mass is 9.95. The number of aryl methyl sites for hydroxylation is 1. The number of aromatic nitrogens is 1. The molecule has 0 radical (unpaired) electrons. The largest absolute Gasteiger partial charge is 0.504 e. The molecular weight excluding hydrogens is 413 g/mol. The zero-order valence-corrected chi connectivity index (χ0v) is 18.1. The van der Waals surface area contributed by atoms with Crippen LogP contribution in [0.1, 0.15) is 30.0 Å². The van der Waals surface area contributed by atoms with Crippen LogP contribution >= 0.6 is 0 Å². The van der Waals surface area contributed by atoms with E-state index in [0.717, 1.165) is 17.5 Å². The van der Waals surface area contributed by atoms with Crippen LogP contribution in [0, 0.1) is 12.7 Å². The van der Waals surface area contributed by atoms with Gasteiger partial charge >= 0.3 is 0 Å². The maximum Gasteiger partial charge on any atom is 0.213 e. The van der Waals surface area contributed by atoms with E-state index in [1.165, 1.54) is 12.1 Å². The second kappa shape index (κ2) is 8.23. The fourth-order valence-electron chi connectivity index (χ4n) is 4.33. The zero-order valence-electron chi connectivity index (χ0n) is 18.1. The lowest BCUT2D eigenvalue weighted by Crippen LogP contribution is -2.53. The van der Waals surface area contributed by atoms with Crippen LogP contribution in [0.2, 0.25) is 0 Å². The number of aliphatic hydroxyl groups is 1. The lowest BCUT2D eigenvalue weighted by Gasteiger charge is -2.42. The predicted octanol–water partition coefficient (Wildman–Crippen LogP) is 1.67. The molecule has 2 aliphatic rings. The van der Waals surface area contributed by atoms with Gasteiger partial charge in [0.05, 0.1) is 24.4 Å². The number of nitrogens with two attached hydrogens (primary N) is 2. The van der Waals surface area contributed by atoms with Crippen molar-refractivity contribution in [1.82, 2.24) is 15.2 Å². The molecule has 0 spiro atoms. The van der Waals surface area contributed by atoms with Crippen LogP contribution in [0.5, 0.6) is 11.6 Å². The Morgan fingerprint density at radius 1 is 1.47 bits per heavy atom. The molecule has 1 fully saturated rings. The van der Waals surface area contributed by atoms with E-state index in [1.54, 1.807) is 18.3 Å². The molecule has 3 heterocycles. The fraction of sp³-hybridized carbons (Fsp3) is 0.348. The Kier molecular flexibility index (Phi) is 5.60. The van der Waals surface area contributed by atoms with Gasteiger partial charge in [-0.1, -0.05) is 6.07 Å². The molecule has 2 unspecified atom stereocenters. The first-order chi connectivity index (χ1) is 15.2. The number of aliphatic hydroxyl groups excluding tert-OH is 1. The molecule has 0 aliphatic carbocycles. The Hall–Kier alpha value is -3.46. The highest BCUT2D eigenvalue weighted by molar-refractivity contribution is 5.70. The summed E-state index contributed by atoms with van der Waals surface area (Å²) in [5, 5.41) is 22.6. The van der Waals surface area contributed by atoms with E-state index in [9.17, 15) is 14.6 Å². The molecule has 0 saturated carbocycles. The van der Waals surface area contributed by atoms with Crippen LogP contribution in [0.4, 0.5) is 4.39 Å². The first-order valence-electron chi connectivity index (χ1n) is 10.4.